The molecule has 138 valence electrons. The molecule has 1 N–H and O–H groups in total. The third kappa shape index (κ3) is 5.10. The van der Waals surface area contributed by atoms with Gasteiger partial charge in [-0.05, 0) is 49.2 Å². The minimum absolute atomic E-state index is 0.115. The summed E-state index contributed by atoms with van der Waals surface area (Å²) in [5.74, 6) is 0.775. The summed E-state index contributed by atoms with van der Waals surface area (Å²) >= 11 is 0. The van der Waals surface area contributed by atoms with Crippen LogP contribution in [-0.4, -0.2) is 41.5 Å². The van der Waals surface area contributed by atoms with E-state index in [1.807, 2.05) is 55.4 Å². The number of hydrogen-bond acceptors (Lipinski definition) is 5. The number of anilines is 1. The molecule has 3 rings (SSSR count). The smallest absolute Gasteiger partial charge is 0.252 e. The predicted molar refractivity (Wildman–Crippen MR) is 107 cm³/mol. The summed E-state index contributed by atoms with van der Waals surface area (Å²) < 4.78 is 0. The molecule has 27 heavy (non-hydrogen) atoms. The molecule has 0 saturated carbocycles. The summed E-state index contributed by atoms with van der Waals surface area (Å²) in [6.07, 6.45) is 6.86. The lowest BCUT2D eigenvalue weighted by molar-refractivity contribution is 0.0953. The Morgan fingerprint density at radius 3 is 2.52 bits per heavy atom. The molecule has 1 amide bonds. The van der Waals surface area contributed by atoms with Crippen LogP contribution in [0.4, 0.5) is 5.82 Å². The molecule has 3 aromatic rings. The van der Waals surface area contributed by atoms with E-state index in [1.54, 1.807) is 24.7 Å². The lowest BCUT2D eigenvalue weighted by atomic mass is 10.1. The summed E-state index contributed by atoms with van der Waals surface area (Å²) in [5, 5.41) is 2.92. The Bertz CT molecular complexity index is 861. The van der Waals surface area contributed by atoms with Crippen LogP contribution >= 0.6 is 0 Å². The number of carbonyl (C=O) groups excluding carboxylic acids is 1. The van der Waals surface area contributed by atoms with Crippen LogP contribution in [0.5, 0.6) is 0 Å². The molecule has 0 spiro atoms. The van der Waals surface area contributed by atoms with E-state index < -0.39 is 0 Å². The van der Waals surface area contributed by atoms with E-state index in [9.17, 15) is 4.79 Å². The van der Waals surface area contributed by atoms with Gasteiger partial charge in [-0.2, -0.15) is 0 Å². The molecule has 0 saturated heterocycles. The van der Waals surface area contributed by atoms with E-state index in [0.717, 1.165) is 35.6 Å². The summed E-state index contributed by atoms with van der Waals surface area (Å²) in [7, 11) is 3.90. The molecule has 3 heterocycles. The van der Waals surface area contributed by atoms with E-state index in [-0.39, 0.29) is 5.91 Å². The van der Waals surface area contributed by atoms with Crippen LogP contribution in [0.25, 0.3) is 11.3 Å². The average Bonchev–Trinajstić information content (AvgIpc) is 2.72. The zero-order valence-electron chi connectivity index (χ0n) is 15.6. The van der Waals surface area contributed by atoms with Gasteiger partial charge in [0.25, 0.3) is 5.91 Å². The average molecular weight is 361 g/mol. The van der Waals surface area contributed by atoms with Crippen molar-refractivity contribution in [2.24, 2.45) is 0 Å². The van der Waals surface area contributed by atoms with Crippen molar-refractivity contribution in [2.45, 2.75) is 12.8 Å². The van der Waals surface area contributed by atoms with Gasteiger partial charge in [-0.3, -0.25) is 14.8 Å². The summed E-state index contributed by atoms with van der Waals surface area (Å²) in [5.41, 5.74) is 3.29. The van der Waals surface area contributed by atoms with Gasteiger partial charge < -0.3 is 10.2 Å². The molecule has 0 aliphatic rings. The van der Waals surface area contributed by atoms with Crippen LogP contribution in [0.1, 0.15) is 22.5 Å². The van der Waals surface area contributed by atoms with Crippen molar-refractivity contribution in [1.82, 2.24) is 20.3 Å². The number of rotatable bonds is 7. The zero-order chi connectivity index (χ0) is 19.1. The van der Waals surface area contributed by atoms with Gasteiger partial charge in [0.15, 0.2) is 0 Å². The predicted octanol–water partition coefficient (Wildman–Crippen LogP) is 2.97. The monoisotopic (exact) mass is 361 g/mol. The highest BCUT2D eigenvalue weighted by Gasteiger charge is 2.07. The molecule has 3 aromatic heterocycles. The first kappa shape index (κ1) is 18.5. The normalized spacial score (nSPS) is 10.4. The topological polar surface area (TPSA) is 71.0 Å². The van der Waals surface area contributed by atoms with E-state index in [0.29, 0.717) is 12.1 Å². The van der Waals surface area contributed by atoms with Crippen molar-refractivity contribution in [3.8, 4) is 11.3 Å². The van der Waals surface area contributed by atoms with Crippen molar-refractivity contribution in [2.75, 3.05) is 25.5 Å². The number of aryl methyl sites for hydroxylation is 1. The maximum absolute atomic E-state index is 12.2. The minimum Gasteiger partial charge on any atom is -0.363 e. The van der Waals surface area contributed by atoms with Crippen molar-refractivity contribution < 1.29 is 4.79 Å². The van der Waals surface area contributed by atoms with Gasteiger partial charge in [-0.1, -0.05) is 6.07 Å². The van der Waals surface area contributed by atoms with Crippen LogP contribution < -0.4 is 10.2 Å². The molecule has 0 atom stereocenters. The number of nitrogens with zero attached hydrogens (tertiary/aromatic N) is 4. The van der Waals surface area contributed by atoms with E-state index in [1.165, 1.54) is 0 Å². The molecule has 0 bridgehead atoms. The Morgan fingerprint density at radius 1 is 1.00 bits per heavy atom. The quantitative estimate of drug-likeness (QED) is 0.655. The van der Waals surface area contributed by atoms with Gasteiger partial charge >= 0.3 is 0 Å². The number of pyridine rings is 3. The second-order valence-electron chi connectivity index (χ2n) is 6.41. The summed E-state index contributed by atoms with van der Waals surface area (Å²) in [6, 6.07) is 13.4. The number of aromatic nitrogens is 3. The fourth-order valence-corrected chi connectivity index (χ4v) is 2.62. The first-order valence-corrected chi connectivity index (χ1v) is 8.91. The number of carbonyl (C=O) groups is 1. The zero-order valence-corrected chi connectivity index (χ0v) is 15.6. The van der Waals surface area contributed by atoms with E-state index in [2.05, 4.69) is 20.3 Å². The van der Waals surface area contributed by atoms with Crippen LogP contribution in [0.2, 0.25) is 0 Å². The van der Waals surface area contributed by atoms with Crippen LogP contribution in [0, 0.1) is 0 Å². The van der Waals surface area contributed by atoms with Crippen LogP contribution in [-0.2, 0) is 6.42 Å². The lowest BCUT2D eigenvalue weighted by Crippen LogP contribution is -2.24. The molecule has 6 heteroatoms. The van der Waals surface area contributed by atoms with Crippen LogP contribution in [0.3, 0.4) is 0 Å². The van der Waals surface area contributed by atoms with Crippen molar-refractivity contribution in [3.05, 3.63) is 72.3 Å². The third-order valence-corrected chi connectivity index (χ3v) is 4.15. The highest BCUT2D eigenvalue weighted by molar-refractivity contribution is 5.94. The minimum atomic E-state index is -0.115. The van der Waals surface area contributed by atoms with E-state index >= 15 is 0 Å². The molecule has 0 fully saturated rings. The maximum atomic E-state index is 12.2. The van der Waals surface area contributed by atoms with Crippen LogP contribution in [0.15, 0.2) is 61.1 Å². The van der Waals surface area contributed by atoms with E-state index in [4.69, 9.17) is 0 Å². The fraction of sp³-hybridized carbons (Fsp3) is 0.238. The second kappa shape index (κ2) is 8.89. The lowest BCUT2D eigenvalue weighted by Gasteiger charge is -2.11. The highest BCUT2D eigenvalue weighted by Crippen LogP contribution is 2.18. The molecule has 0 radical (unpaired) electrons. The van der Waals surface area contributed by atoms with Gasteiger partial charge in [-0.25, -0.2) is 4.98 Å². The standard InChI is InChI=1S/C21H23N5O/c1-26(2)20-11-9-16(14-25-20)19-10-8-17(15-24-19)21(27)23-13-5-7-18-6-3-4-12-22-18/h3-4,6,8-12,14-15H,5,7,13H2,1-2H3,(H,23,27). The third-order valence-electron chi connectivity index (χ3n) is 4.15. The number of hydrogen-bond donors (Lipinski definition) is 1. The van der Waals surface area contributed by atoms with Gasteiger partial charge in [0.2, 0.25) is 0 Å². The molecule has 0 unspecified atom stereocenters. The van der Waals surface area contributed by atoms with Crippen molar-refractivity contribution >= 4 is 11.7 Å². The van der Waals surface area contributed by atoms with Gasteiger partial charge in [0.05, 0.1) is 11.3 Å². The fourth-order valence-electron chi connectivity index (χ4n) is 2.62. The Labute approximate surface area is 159 Å². The van der Waals surface area contributed by atoms with Gasteiger partial charge in [0.1, 0.15) is 5.82 Å². The van der Waals surface area contributed by atoms with Crippen molar-refractivity contribution in [1.29, 1.82) is 0 Å². The second-order valence-corrected chi connectivity index (χ2v) is 6.41. The first-order chi connectivity index (χ1) is 13.1. The first-order valence-electron chi connectivity index (χ1n) is 8.91. The largest absolute Gasteiger partial charge is 0.363 e. The maximum Gasteiger partial charge on any atom is 0.252 e. The molecule has 6 nitrogen and oxygen atoms in total. The van der Waals surface area contributed by atoms with Gasteiger partial charge in [-0.15, -0.1) is 0 Å². The van der Waals surface area contributed by atoms with Gasteiger partial charge in [0, 0.05) is 50.5 Å². The Balaban J connectivity index is 1.52. The Kier molecular flexibility index (Phi) is 6.10. The Morgan fingerprint density at radius 2 is 1.89 bits per heavy atom. The highest BCUT2D eigenvalue weighted by atomic mass is 16.1. The molecule has 0 aliphatic heterocycles. The number of nitrogens with one attached hydrogen (secondary N) is 1. The van der Waals surface area contributed by atoms with Crippen molar-refractivity contribution in [3.63, 3.8) is 0 Å². The molecule has 0 aromatic carbocycles. The summed E-state index contributed by atoms with van der Waals surface area (Å²) in [6.45, 7) is 0.604. The SMILES string of the molecule is CN(C)c1ccc(-c2ccc(C(=O)NCCCc3ccccn3)cn2)cn1. The molecular formula is C21H23N5O. The molecular weight excluding hydrogens is 338 g/mol. The molecule has 0 aliphatic carbocycles. The summed E-state index contributed by atoms with van der Waals surface area (Å²) in [4.78, 5) is 27.2. The Hall–Kier alpha value is -3.28. The number of amides is 1.